The second-order valence-corrected chi connectivity index (χ2v) is 6.08. The van der Waals surface area contributed by atoms with Gasteiger partial charge < -0.3 is 14.2 Å². The van der Waals surface area contributed by atoms with E-state index in [0.29, 0.717) is 5.75 Å². The molecule has 0 aromatic heterocycles. The van der Waals surface area contributed by atoms with E-state index in [1.165, 1.54) is 6.07 Å². The molecule has 0 saturated heterocycles. The van der Waals surface area contributed by atoms with Crippen LogP contribution in [-0.2, 0) is 20.9 Å². The Morgan fingerprint density at radius 3 is 2.44 bits per heavy atom. The second-order valence-electron chi connectivity index (χ2n) is 5.22. The normalized spacial score (nSPS) is 10.0. The van der Waals surface area contributed by atoms with Gasteiger partial charge in [-0.2, -0.15) is 0 Å². The molecule has 0 aliphatic carbocycles. The number of carbonyl (C=O) groups is 3. The van der Waals surface area contributed by atoms with Crippen LogP contribution in [0.4, 0.5) is 4.79 Å². The molecule has 0 aliphatic rings. The van der Waals surface area contributed by atoms with E-state index in [0.717, 1.165) is 10.0 Å². The van der Waals surface area contributed by atoms with E-state index < -0.39 is 24.6 Å². The lowest BCUT2D eigenvalue weighted by atomic mass is 10.2. The molecular formula is C19H18BrNO6. The number of rotatable bonds is 7. The zero-order chi connectivity index (χ0) is 19.6. The summed E-state index contributed by atoms with van der Waals surface area (Å²) in [6.45, 7) is 1.36. The Morgan fingerprint density at radius 1 is 1.00 bits per heavy atom. The van der Waals surface area contributed by atoms with Crippen molar-refractivity contribution in [2.75, 3.05) is 13.2 Å². The standard InChI is InChI=1S/C19H18BrNO6/c1-2-25-19(24)21-17(22)12-27-18(23)14-8-4-6-10-16(14)26-11-13-7-3-5-9-15(13)20/h3-10H,2,11-12H2,1H3,(H,21,22,24). The maximum Gasteiger partial charge on any atom is 0.413 e. The molecule has 0 radical (unpaired) electrons. The molecule has 8 heteroatoms. The van der Waals surface area contributed by atoms with Crippen molar-refractivity contribution in [2.24, 2.45) is 0 Å². The van der Waals surface area contributed by atoms with Crippen LogP contribution in [0.5, 0.6) is 5.75 Å². The first kappa shape index (κ1) is 20.4. The first-order valence-electron chi connectivity index (χ1n) is 8.10. The van der Waals surface area contributed by atoms with Gasteiger partial charge in [-0.1, -0.05) is 46.3 Å². The number of benzene rings is 2. The van der Waals surface area contributed by atoms with Crippen molar-refractivity contribution in [1.29, 1.82) is 0 Å². The van der Waals surface area contributed by atoms with Crippen LogP contribution in [0.25, 0.3) is 0 Å². The molecule has 0 heterocycles. The summed E-state index contributed by atoms with van der Waals surface area (Å²) in [6, 6.07) is 14.1. The fraction of sp³-hybridized carbons (Fsp3) is 0.211. The average molecular weight is 436 g/mol. The number of hydrogen-bond donors (Lipinski definition) is 1. The molecule has 7 nitrogen and oxygen atoms in total. The molecule has 0 aliphatic heterocycles. The van der Waals surface area contributed by atoms with E-state index in [-0.39, 0.29) is 18.8 Å². The lowest BCUT2D eigenvalue weighted by Gasteiger charge is -2.12. The van der Waals surface area contributed by atoms with Gasteiger partial charge in [-0.05, 0) is 25.1 Å². The first-order chi connectivity index (χ1) is 13.0. The molecule has 2 rings (SSSR count). The number of hydrogen-bond acceptors (Lipinski definition) is 6. The van der Waals surface area contributed by atoms with E-state index in [4.69, 9.17) is 9.47 Å². The maximum absolute atomic E-state index is 12.3. The van der Waals surface area contributed by atoms with Crippen LogP contribution in [0.15, 0.2) is 53.0 Å². The van der Waals surface area contributed by atoms with Crippen LogP contribution < -0.4 is 10.1 Å². The number of esters is 1. The highest BCUT2D eigenvalue weighted by atomic mass is 79.9. The summed E-state index contributed by atoms with van der Waals surface area (Å²) in [5.41, 5.74) is 1.09. The molecule has 0 fully saturated rings. The Hall–Kier alpha value is -2.87. The third-order valence-electron chi connectivity index (χ3n) is 3.30. The summed E-state index contributed by atoms with van der Waals surface area (Å²) in [5.74, 6) is -1.20. The highest BCUT2D eigenvalue weighted by molar-refractivity contribution is 9.10. The SMILES string of the molecule is CCOC(=O)NC(=O)COC(=O)c1ccccc1OCc1ccccc1Br. The molecule has 2 aromatic rings. The number of imide groups is 1. The monoisotopic (exact) mass is 435 g/mol. The van der Waals surface area contributed by atoms with Gasteiger partial charge in [0.15, 0.2) is 6.61 Å². The van der Waals surface area contributed by atoms with E-state index in [1.54, 1.807) is 25.1 Å². The molecule has 2 aromatic carbocycles. The van der Waals surface area contributed by atoms with Gasteiger partial charge in [-0.3, -0.25) is 10.1 Å². The third kappa shape index (κ3) is 6.41. The smallest absolute Gasteiger partial charge is 0.413 e. The molecule has 142 valence electrons. The number of carbonyl (C=O) groups excluding carboxylic acids is 3. The van der Waals surface area contributed by atoms with Gasteiger partial charge in [0.25, 0.3) is 5.91 Å². The van der Waals surface area contributed by atoms with Crippen LogP contribution in [0.3, 0.4) is 0 Å². The van der Waals surface area contributed by atoms with Crippen molar-refractivity contribution in [3.05, 3.63) is 64.1 Å². The summed E-state index contributed by atoms with van der Waals surface area (Å²) in [4.78, 5) is 35.0. The van der Waals surface area contributed by atoms with Gasteiger partial charge in [0.2, 0.25) is 0 Å². The Morgan fingerprint density at radius 2 is 1.70 bits per heavy atom. The quantitative estimate of drug-likeness (QED) is 0.669. The minimum atomic E-state index is -0.893. The van der Waals surface area contributed by atoms with Crippen LogP contribution in [0.2, 0.25) is 0 Å². The summed E-state index contributed by atoms with van der Waals surface area (Å²) in [7, 11) is 0. The molecule has 0 bridgehead atoms. The van der Waals surface area contributed by atoms with Crippen molar-refractivity contribution in [2.45, 2.75) is 13.5 Å². The number of nitrogens with one attached hydrogen (secondary N) is 1. The second kappa shape index (κ2) is 10.3. The van der Waals surface area contributed by atoms with Crippen LogP contribution in [-0.4, -0.2) is 31.2 Å². The first-order valence-corrected chi connectivity index (χ1v) is 8.89. The number of halogens is 1. The number of alkyl carbamates (subject to hydrolysis) is 1. The van der Waals surface area contributed by atoms with Crippen molar-refractivity contribution in [1.82, 2.24) is 5.32 Å². The lowest BCUT2D eigenvalue weighted by Crippen LogP contribution is -2.34. The summed E-state index contributed by atoms with van der Waals surface area (Å²) >= 11 is 3.43. The zero-order valence-electron chi connectivity index (χ0n) is 14.6. The van der Waals surface area contributed by atoms with Gasteiger partial charge in [0.05, 0.1) is 6.61 Å². The highest BCUT2D eigenvalue weighted by Crippen LogP contribution is 2.22. The molecule has 0 atom stereocenters. The van der Waals surface area contributed by atoms with Crippen molar-refractivity contribution in [3.63, 3.8) is 0 Å². The minimum absolute atomic E-state index is 0.126. The summed E-state index contributed by atoms with van der Waals surface area (Å²) in [5, 5.41) is 1.94. The Balaban J connectivity index is 1.96. The predicted octanol–water partition coefficient (Wildman–Crippen LogP) is 3.46. The lowest BCUT2D eigenvalue weighted by molar-refractivity contribution is -0.123. The van der Waals surface area contributed by atoms with E-state index in [9.17, 15) is 14.4 Å². The number of para-hydroxylation sites is 1. The molecule has 27 heavy (non-hydrogen) atoms. The van der Waals surface area contributed by atoms with E-state index >= 15 is 0 Å². The van der Waals surface area contributed by atoms with Gasteiger partial charge in [-0.15, -0.1) is 0 Å². The van der Waals surface area contributed by atoms with Gasteiger partial charge >= 0.3 is 12.1 Å². The van der Waals surface area contributed by atoms with Crippen LogP contribution >= 0.6 is 15.9 Å². The Bertz CT molecular complexity index is 823. The maximum atomic E-state index is 12.3. The van der Waals surface area contributed by atoms with Gasteiger partial charge in [-0.25, -0.2) is 9.59 Å². The zero-order valence-corrected chi connectivity index (χ0v) is 16.2. The average Bonchev–Trinajstić information content (AvgIpc) is 2.66. The van der Waals surface area contributed by atoms with Crippen LogP contribution in [0.1, 0.15) is 22.8 Å². The van der Waals surface area contributed by atoms with E-state index in [2.05, 4.69) is 20.7 Å². The third-order valence-corrected chi connectivity index (χ3v) is 4.07. The van der Waals surface area contributed by atoms with Gasteiger partial charge in [0, 0.05) is 10.0 Å². The topological polar surface area (TPSA) is 90.9 Å². The molecular weight excluding hydrogens is 418 g/mol. The molecule has 0 unspecified atom stereocenters. The van der Waals surface area contributed by atoms with Gasteiger partial charge in [0.1, 0.15) is 17.9 Å². The Labute approximate surface area is 164 Å². The predicted molar refractivity (Wildman–Crippen MR) is 100 cm³/mol. The van der Waals surface area contributed by atoms with Crippen molar-refractivity contribution < 1.29 is 28.6 Å². The fourth-order valence-corrected chi connectivity index (χ4v) is 2.46. The largest absolute Gasteiger partial charge is 0.488 e. The molecule has 1 N–H and O–H groups in total. The summed E-state index contributed by atoms with van der Waals surface area (Å²) in [6.07, 6.45) is -0.893. The highest BCUT2D eigenvalue weighted by Gasteiger charge is 2.17. The van der Waals surface area contributed by atoms with Crippen molar-refractivity contribution in [3.8, 4) is 5.75 Å². The molecule has 2 amide bonds. The Kier molecular flexibility index (Phi) is 7.81. The summed E-state index contributed by atoms with van der Waals surface area (Å²) < 4.78 is 16.1. The molecule has 0 saturated carbocycles. The fourth-order valence-electron chi connectivity index (χ4n) is 2.06. The van der Waals surface area contributed by atoms with Crippen molar-refractivity contribution >= 4 is 33.9 Å². The van der Waals surface area contributed by atoms with E-state index in [1.807, 2.05) is 29.6 Å². The minimum Gasteiger partial charge on any atom is -0.488 e. The van der Waals surface area contributed by atoms with Crippen LogP contribution in [0, 0.1) is 0 Å². The number of amides is 2. The molecule has 0 spiro atoms. The number of ether oxygens (including phenoxy) is 3.